The summed E-state index contributed by atoms with van der Waals surface area (Å²) in [5.41, 5.74) is 1.62. The highest BCUT2D eigenvalue weighted by Crippen LogP contribution is 2.30. The Balaban J connectivity index is 1.95. The fourth-order valence-electron chi connectivity index (χ4n) is 2.90. The van der Waals surface area contributed by atoms with Crippen molar-refractivity contribution in [3.63, 3.8) is 0 Å². The van der Waals surface area contributed by atoms with Crippen LogP contribution >= 0.6 is 0 Å². The maximum Gasteiger partial charge on any atom is 0.272 e. The van der Waals surface area contributed by atoms with E-state index >= 15 is 0 Å². The molecule has 1 unspecified atom stereocenters. The zero-order chi connectivity index (χ0) is 15.5. The molecular formula is C16H20N4O2. The normalized spacial score (nSPS) is 18.3. The lowest BCUT2D eigenvalue weighted by atomic mass is 10.0. The van der Waals surface area contributed by atoms with Crippen molar-refractivity contribution < 1.29 is 9.53 Å². The molecule has 116 valence electrons. The van der Waals surface area contributed by atoms with E-state index in [1.807, 2.05) is 29.2 Å². The highest BCUT2D eigenvalue weighted by molar-refractivity contribution is 5.93. The van der Waals surface area contributed by atoms with Gasteiger partial charge in [0.15, 0.2) is 0 Å². The van der Waals surface area contributed by atoms with Crippen LogP contribution in [0.1, 0.15) is 22.1 Å². The van der Waals surface area contributed by atoms with E-state index in [1.54, 1.807) is 31.1 Å². The number of aromatic nitrogens is 2. The summed E-state index contributed by atoms with van der Waals surface area (Å²) in [7, 11) is 3.44. The number of rotatable bonds is 3. The summed E-state index contributed by atoms with van der Waals surface area (Å²) in [6, 6.07) is 9.55. The van der Waals surface area contributed by atoms with Gasteiger partial charge in [0.1, 0.15) is 11.4 Å². The molecule has 3 rings (SSSR count). The Bertz CT molecular complexity index is 668. The van der Waals surface area contributed by atoms with Crippen LogP contribution in [0.5, 0.6) is 5.75 Å². The first kappa shape index (κ1) is 14.6. The highest BCUT2D eigenvalue weighted by atomic mass is 16.5. The lowest BCUT2D eigenvalue weighted by Gasteiger charge is -2.37. The average molecular weight is 300 g/mol. The first-order chi connectivity index (χ1) is 10.7. The van der Waals surface area contributed by atoms with Gasteiger partial charge in [0, 0.05) is 38.4 Å². The SMILES string of the molecule is COc1ccccc1C1CNCCN1C(=O)c1ccnn1C. The molecule has 0 saturated carbocycles. The zero-order valence-electron chi connectivity index (χ0n) is 12.8. The first-order valence-corrected chi connectivity index (χ1v) is 7.35. The summed E-state index contributed by atoms with van der Waals surface area (Å²) in [6.45, 7) is 2.16. The molecular weight excluding hydrogens is 280 g/mol. The van der Waals surface area contributed by atoms with Crippen molar-refractivity contribution in [2.75, 3.05) is 26.7 Å². The van der Waals surface area contributed by atoms with Gasteiger partial charge in [-0.1, -0.05) is 18.2 Å². The van der Waals surface area contributed by atoms with Gasteiger partial charge in [0.25, 0.3) is 5.91 Å². The average Bonchev–Trinajstić information content (AvgIpc) is 3.00. The molecule has 1 aliphatic heterocycles. The molecule has 6 nitrogen and oxygen atoms in total. The molecule has 22 heavy (non-hydrogen) atoms. The number of para-hydroxylation sites is 1. The molecule has 1 aromatic carbocycles. The molecule has 1 aliphatic rings. The number of amides is 1. The molecule has 6 heteroatoms. The van der Waals surface area contributed by atoms with E-state index in [0.717, 1.165) is 17.9 Å². The largest absolute Gasteiger partial charge is 0.496 e. The Morgan fingerprint density at radius 2 is 2.18 bits per heavy atom. The van der Waals surface area contributed by atoms with Crippen LogP contribution in [0.3, 0.4) is 0 Å². The molecule has 1 atom stereocenters. The number of carbonyl (C=O) groups excluding carboxylic acids is 1. The van der Waals surface area contributed by atoms with Crippen LogP contribution in [0.2, 0.25) is 0 Å². The molecule has 0 radical (unpaired) electrons. The Labute approximate surface area is 129 Å². The quantitative estimate of drug-likeness (QED) is 0.926. The number of hydrogen-bond acceptors (Lipinski definition) is 4. The van der Waals surface area contributed by atoms with Gasteiger partial charge in [-0.05, 0) is 12.1 Å². The van der Waals surface area contributed by atoms with Crippen LogP contribution in [0.4, 0.5) is 0 Å². The van der Waals surface area contributed by atoms with Crippen LogP contribution in [0.15, 0.2) is 36.5 Å². The van der Waals surface area contributed by atoms with Crippen molar-refractivity contribution in [1.29, 1.82) is 0 Å². The Kier molecular flexibility index (Phi) is 4.11. The molecule has 0 bridgehead atoms. The van der Waals surface area contributed by atoms with Crippen LogP contribution in [-0.4, -0.2) is 47.3 Å². The molecule has 1 aromatic heterocycles. The predicted molar refractivity (Wildman–Crippen MR) is 82.8 cm³/mol. The van der Waals surface area contributed by atoms with E-state index < -0.39 is 0 Å². The molecule has 0 spiro atoms. The molecule has 1 saturated heterocycles. The topological polar surface area (TPSA) is 59.4 Å². The fourth-order valence-corrected chi connectivity index (χ4v) is 2.90. The number of benzene rings is 1. The number of ether oxygens (including phenoxy) is 1. The smallest absolute Gasteiger partial charge is 0.272 e. The fraction of sp³-hybridized carbons (Fsp3) is 0.375. The van der Waals surface area contributed by atoms with Gasteiger partial charge < -0.3 is 15.0 Å². The maximum absolute atomic E-state index is 12.9. The van der Waals surface area contributed by atoms with E-state index in [-0.39, 0.29) is 11.9 Å². The van der Waals surface area contributed by atoms with Crippen LogP contribution in [0.25, 0.3) is 0 Å². The molecule has 2 aromatic rings. The number of carbonyl (C=O) groups is 1. The van der Waals surface area contributed by atoms with E-state index in [2.05, 4.69) is 10.4 Å². The lowest BCUT2D eigenvalue weighted by Crippen LogP contribution is -2.49. The standard InChI is InChI=1S/C16H20N4O2/c1-19-13(7-8-18-19)16(21)20-10-9-17-11-14(20)12-5-3-4-6-15(12)22-2/h3-8,14,17H,9-11H2,1-2H3. The third-order valence-electron chi connectivity index (χ3n) is 4.04. The minimum Gasteiger partial charge on any atom is -0.496 e. The zero-order valence-corrected chi connectivity index (χ0v) is 12.8. The van der Waals surface area contributed by atoms with E-state index in [4.69, 9.17) is 4.74 Å². The van der Waals surface area contributed by atoms with Crippen LogP contribution in [0, 0.1) is 0 Å². The summed E-state index contributed by atoms with van der Waals surface area (Å²) in [5.74, 6) is 0.802. The van der Waals surface area contributed by atoms with Crippen LogP contribution in [-0.2, 0) is 7.05 Å². The van der Waals surface area contributed by atoms with E-state index in [9.17, 15) is 4.79 Å². The summed E-state index contributed by atoms with van der Waals surface area (Å²) < 4.78 is 7.07. The molecule has 1 N–H and O–H groups in total. The van der Waals surface area contributed by atoms with Crippen molar-refractivity contribution in [3.05, 3.63) is 47.8 Å². The van der Waals surface area contributed by atoms with Crippen molar-refractivity contribution in [2.45, 2.75) is 6.04 Å². The maximum atomic E-state index is 12.9. The molecule has 0 aliphatic carbocycles. The molecule has 1 amide bonds. The number of hydrogen-bond donors (Lipinski definition) is 1. The molecule has 2 heterocycles. The van der Waals surface area contributed by atoms with Gasteiger partial charge in [0.05, 0.1) is 13.2 Å². The third kappa shape index (κ3) is 2.57. The summed E-state index contributed by atoms with van der Waals surface area (Å²) >= 11 is 0. The van der Waals surface area contributed by atoms with Crippen molar-refractivity contribution in [2.24, 2.45) is 7.05 Å². The Hall–Kier alpha value is -2.34. The van der Waals surface area contributed by atoms with Crippen molar-refractivity contribution in [1.82, 2.24) is 20.0 Å². The Morgan fingerprint density at radius 3 is 2.91 bits per heavy atom. The predicted octanol–water partition coefficient (Wildman–Crippen LogP) is 1.22. The van der Waals surface area contributed by atoms with Crippen molar-refractivity contribution in [3.8, 4) is 5.75 Å². The minimum absolute atomic E-state index is 0.00240. The number of methoxy groups -OCH3 is 1. The van der Waals surface area contributed by atoms with E-state index in [0.29, 0.717) is 18.8 Å². The molecule has 1 fully saturated rings. The number of nitrogens with one attached hydrogen (secondary N) is 1. The van der Waals surface area contributed by atoms with Crippen LogP contribution < -0.4 is 10.1 Å². The number of aryl methyl sites for hydroxylation is 1. The second-order valence-electron chi connectivity index (χ2n) is 5.30. The minimum atomic E-state index is -0.0488. The van der Waals surface area contributed by atoms with Gasteiger partial charge in [-0.25, -0.2) is 0 Å². The van der Waals surface area contributed by atoms with Gasteiger partial charge in [-0.3, -0.25) is 9.48 Å². The van der Waals surface area contributed by atoms with Gasteiger partial charge in [0.2, 0.25) is 0 Å². The van der Waals surface area contributed by atoms with Gasteiger partial charge in [-0.2, -0.15) is 5.10 Å². The summed E-state index contributed by atoms with van der Waals surface area (Å²) in [5, 5.41) is 7.45. The highest BCUT2D eigenvalue weighted by Gasteiger charge is 2.31. The second kappa shape index (κ2) is 6.19. The summed E-state index contributed by atoms with van der Waals surface area (Å²) in [6.07, 6.45) is 1.65. The van der Waals surface area contributed by atoms with E-state index in [1.165, 1.54) is 0 Å². The van der Waals surface area contributed by atoms with Crippen molar-refractivity contribution >= 4 is 5.91 Å². The monoisotopic (exact) mass is 300 g/mol. The lowest BCUT2D eigenvalue weighted by molar-refractivity contribution is 0.0620. The second-order valence-corrected chi connectivity index (χ2v) is 5.30. The van der Waals surface area contributed by atoms with Gasteiger partial charge in [-0.15, -0.1) is 0 Å². The summed E-state index contributed by atoms with van der Waals surface area (Å²) in [4.78, 5) is 14.8. The Morgan fingerprint density at radius 1 is 1.36 bits per heavy atom. The van der Waals surface area contributed by atoms with Gasteiger partial charge >= 0.3 is 0 Å². The first-order valence-electron chi connectivity index (χ1n) is 7.35. The number of piperazine rings is 1. The number of nitrogens with zero attached hydrogens (tertiary/aromatic N) is 3. The third-order valence-corrected chi connectivity index (χ3v) is 4.04.